The van der Waals surface area contributed by atoms with E-state index < -0.39 is 21.9 Å². The minimum absolute atomic E-state index is 0.00476. The first-order valence-electron chi connectivity index (χ1n) is 6.35. The number of carbonyl (C=O) groups excluding carboxylic acids is 1. The lowest BCUT2D eigenvalue weighted by atomic mass is 10.0. The van der Waals surface area contributed by atoms with E-state index in [1.54, 1.807) is 0 Å². The zero-order valence-corrected chi connectivity index (χ0v) is 11.9. The molecule has 1 saturated carbocycles. The Bertz CT molecular complexity index is 582. The second kappa shape index (κ2) is 5.88. The van der Waals surface area contributed by atoms with Crippen LogP contribution in [0.5, 0.6) is 0 Å². The molecule has 1 amide bonds. The third-order valence-electron chi connectivity index (χ3n) is 2.96. The summed E-state index contributed by atoms with van der Waals surface area (Å²) in [5.74, 6) is -0.618. The Labute approximate surface area is 117 Å². The fraction of sp³-hybridized carbons (Fsp3) is 0.462. The first kappa shape index (κ1) is 14.9. The summed E-state index contributed by atoms with van der Waals surface area (Å²) in [6.45, 7) is 0. The zero-order valence-electron chi connectivity index (χ0n) is 11.1. The van der Waals surface area contributed by atoms with E-state index in [1.807, 2.05) is 0 Å². The molecule has 110 valence electrons. The third kappa shape index (κ3) is 4.90. The van der Waals surface area contributed by atoms with Crippen LogP contribution in [0.3, 0.4) is 0 Å². The molecule has 7 heteroatoms. The van der Waals surface area contributed by atoms with Crippen LogP contribution >= 0.6 is 0 Å². The van der Waals surface area contributed by atoms with Crippen molar-refractivity contribution in [2.24, 2.45) is 0 Å². The fourth-order valence-corrected chi connectivity index (χ4v) is 2.62. The quantitative estimate of drug-likeness (QED) is 0.825. The Kier molecular flexibility index (Phi) is 4.39. The maximum atomic E-state index is 12.9. The Hall–Kier alpha value is -1.47. The van der Waals surface area contributed by atoms with Gasteiger partial charge in [0.15, 0.2) is 0 Å². The number of nitrogens with one attached hydrogen (secondary N) is 2. The van der Waals surface area contributed by atoms with Gasteiger partial charge < -0.3 is 5.32 Å². The second-order valence-corrected chi connectivity index (χ2v) is 6.82. The average Bonchev–Trinajstić information content (AvgIpc) is 3.11. The molecule has 1 atom stereocenters. The molecule has 1 aliphatic carbocycles. The van der Waals surface area contributed by atoms with Gasteiger partial charge in [0.05, 0.1) is 12.3 Å². The van der Waals surface area contributed by atoms with Crippen LogP contribution in [-0.2, 0) is 14.8 Å². The molecule has 1 aromatic carbocycles. The highest BCUT2D eigenvalue weighted by Gasteiger charge is 2.26. The molecule has 0 saturated heterocycles. The van der Waals surface area contributed by atoms with Crippen LogP contribution in [-0.4, -0.2) is 26.6 Å². The van der Waals surface area contributed by atoms with Crippen molar-refractivity contribution in [2.75, 3.05) is 6.26 Å². The molecule has 0 bridgehead atoms. The van der Waals surface area contributed by atoms with Crippen LogP contribution in [0.2, 0.25) is 0 Å². The zero-order chi connectivity index (χ0) is 14.8. The van der Waals surface area contributed by atoms with Crippen LogP contribution < -0.4 is 10.0 Å². The summed E-state index contributed by atoms with van der Waals surface area (Å²) in [6.07, 6.45) is 2.95. The number of benzene rings is 1. The first-order chi connectivity index (χ1) is 9.33. The number of sulfonamides is 1. The van der Waals surface area contributed by atoms with E-state index >= 15 is 0 Å². The maximum Gasteiger partial charge on any atom is 0.222 e. The second-order valence-electron chi connectivity index (χ2n) is 5.04. The minimum Gasteiger partial charge on any atom is -0.353 e. The molecule has 1 aromatic rings. The Morgan fingerprint density at radius 3 is 2.45 bits per heavy atom. The van der Waals surface area contributed by atoms with E-state index in [4.69, 9.17) is 0 Å². The fourth-order valence-electron chi connectivity index (χ4n) is 1.88. The Morgan fingerprint density at radius 1 is 1.35 bits per heavy atom. The number of amides is 1. The van der Waals surface area contributed by atoms with Crippen LogP contribution in [0.25, 0.3) is 0 Å². The van der Waals surface area contributed by atoms with Crippen LogP contribution in [0.4, 0.5) is 4.39 Å². The molecule has 0 heterocycles. The van der Waals surface area contributed by atoms with Gasteiger partial charge in [-0.2, -0.15) is 0 Å². The predicted octanol–water partition coefficient (Wildman–Crippen LogP) is 1.08. The molecule has 0 aromatic heterocycles. The first-order valence-corrected chi connectivity index (χ1v) is 8.25. The van der Waals surface area contributed by atoms with Crippen molar-refractivity contribution in [3.05, 3.63) is 35.6 Å². The molecule has 2 N–H and O–H groups in total. The van der Waals surface area contributed by atoms with Crippen molar-refractivity contribution >= 4 is 15.9 Å². The number of carbonyl (C=O) groups is 1. The Balaban J connectivity index is 2.10. The smallest absolute Gasteiger partial charge is 0.222 e. The number of rotatable bonds is 6. The highest BCUT2D eigenvalue weighted by Crippen LogP contribution is 2.22. The van der Waals surface area contributed by atoms with Gasteiger partial charge in [-0.3, -0.25) is 4.79 Å². The summed E-state index contributed by atoms with van der Waals surface area (Å²) >= 11 is 0. The topological polar surface area (TPSA) is 75.3 Å². The van der Waals surface area contributed by atoms with Gasteiger partial charge >= 0.3 is 0 Å². The van der Waals surface area contributed by atoms with E-state index in [9.17, 15) is 17.6 Å². The van der Waals surface area contributed by atoms with Gasteiger partial charge in [-0.1, -0.05) is 12.1 Å². The summed E-state index contributed by atoms with van der Waals surface area (Å²) in [4.78, 5) is 11.8. The van der Waals surface area contributed by atoms with E-state index in [0.29, 0.717) is 5.56 Å². The molecule has 0 aliphatic heterocycles. The summed E-state index contributed by atoms with van der Waals surface area (Å²) in [6, 6.07) is 4.96. The lowest BCUT2D eigenvalue weighted by Crippen LogP contribution is -2.34. The van der Waals surface area contributed by atoms with Crippen molar-refractivity contribution in [3.63, 3.8) is 0 Å². The number of hydrogen-bond acceptors (Lipinski definition) is 3. The summed E-state index contributed by atoms with van der Waals surface area (Å²) < 4.78 is 38.1. The molecule has 0 spiro atoms. The number of halogens is 1. The van der Waals surface area contributed by atoms with E-state index in [0.717, 1.165) is 19.1 Å². The normalized spacial score (nSPS) is 16.7. The molecule has 1 fully saturated rings. The molecule has 5 nitrogen and oxygen atoms in total. The highest BCUT2D eigenvalue weighted by atomic mass is 32.2. The third-order valence-corrected chi connectivity index (χ3v) is 3.67. The van der Waals surface area contributed by atoms with Gasteiger partial charge in [-0.15, -0.1) is 0 Å². The van der Waals surface area contributed by atoms with Gasteiger partial charge in [0.2, 0.25) is 15.9 Å². The Morgan fingerprint density at radius 2 is 1.95 bits per heavy atom. The maximum absolute atomic E-state index is 12.9. The van der Waals surface area contributed by atoms with Gasteiger partial charge in [-0.25, -0.2) is 17.5 Å². The lowest BCUT2D eigenvalue weighted by molar-refractivity contribution is -0.121. The van der Waals surface area contributed by atoms with Gasteiger partial charge in [-0.05, 0) is 30.5 Å². The van der Waals surface area contributed by atoms with Crippen molar-refractivity contribution in [1.29, 1.82) is 0 Å². The predicted molar refractivity (Wildman–Crippen MR) is 72.9 cm³/mol. The molecule has 0 radical (unpaired) electrons. The van der Waals surface area contributed by atoms with E-state index in [2.05, 4.69) is 10.0 Å². The average molecular weight is 300 g/mol. The monoisotopic (exact) mass is 300 g/mol. The molecule has 1 unspecified atom stereocenters. The summed E-state index contributed by atoms with van der Waals surface area (Å²) in [7, 11) is -3.46. The van der Waals surface area contributed by atoms with Gasteiger partial charge in [0, 0.05) is 12.5 Å². The summed E-state index contributed by atoms with van der Waals surface area (Å²) in [5, 5.41) is 2.80. The van der Waals surface area contributed by atoms with Gasteiger partial charge in [0.25, 0.3) is 0 Å². The summed E-state index contributed by atoms with van der Waals surface area (Å²) in [5.41, 5.74) is 0.558. The molecule has 20 heavy (non-hydrogen) atoms. The lowest BCUT2D eigenvalue weighted by Gasteiger charge is -2.17. The van der Waals surface area contributed by atoms with Crippen molar-refractivity contribution in [3.8, 4) is 0 Å². The van der Waals surface area contributed by atoms with Gasteiger partial charge in [0.1, 0.15) is 5.82 Å². The molecule has 1 aliphatic rings. The van der Waals surface area contributed by atoms with Crippen LogP contribution in [0.1, 0.15) is 30.9 Å². The standard InChI is InChI=1S/C13H17FN2O3S/c1-20(18,19)16-12(8-13(17)15-11-6-7-11)9-2-4-10(14)5-3-9/h2-5,11-12,16H,6-8H2,1H3,(H,15,17). The van der Waals surface area contributed by atoms with Crippen molar-refractivity contribution in [2.45, 2.75) is 31.3 Å². The minimum atomic E-state index is -3.46. The molecular weight excluding hydrogens is 283 g/mol. The highest BCUT2D eigenvalue weighted by molar-refractivity contribution is 7.88. The SMILES string of the molecule is CS(=O)(=O)NC(CC(=O)NC1CC1)c1ccc(F)cc1. The van der Waals surface area contributed by atoms with E-state index in [1.165, 1.54) is 24.3 Å². The van der Waals surface area contributed by atoms with Crippen molar-refractivity contribution < 1.29 is 17.6 Å². The molecule has 2 rings (SSSR count). The molecular formula is C13H17FN2O3S. The van der Waals surface area contributed by atoms with Crippen LogP contribution in [0, 0.1) is 5.82 Å². The van der Waals surface area contributed by atoms with Crippen molar-refractivity contribution in [1.82, 2.24) is 10.0 Å². The largest absolute Gasteiger partial charge is 0.353 e. The van der Waals surface area contributed by atoms with Crippen LogP contribution in [0.15, 0.2) is 24.3 Å². The van der Waals surface area contributed by atoms with E-state index in [-0.39, 0.29) is 18.4 Å². The number of hydrogen-bond donors (Lipinski definition) is 2.